The highest BCUT2D eigenvalue weighted by atomic mass is 16.5. The smallest absolute Gasteiger partial charge is 0.345 e. The molecule has 2 aromatic carbocycles. The molecule has 0 spiro atoms. The Balaban J connectivity index is 1.61. The second-order valence-electron chi connectivity index (χ2n) is 7.09. The van der Waals surface area contributed by atoms with Gasteiger partial charge in [-0.3, -0.25) is 4.98 Å². The largest absolute Gasteiger partial charge is 0.493 e. The maximum absolute atomic E-state index is 12.8. The van der Waals surface area contributed by atoms with E-state index in [1.165, 1.54) is 25.4 Å². The zero-order chi connectivity index (χ0) is 22.9. The van der Waals surface area contributed by atoms with Crippen LogP contribution in [0.15, 0.2) is 91.5 Å². The number of rotatable bonds is 4. The lowest BCUT2D eigenvalue weighted by atomic mass is 10.0. The number of para-hydroxylation sites is 1. The van der Waals surface area contributed by atoms with E-state index in [2.05, 4.69) is 4.98 Å². The third-order valence-corrected chi connectivity index (χ3v) is 5.06. The van der Waals surface area contributed by atoms with Crippen molar-refractivity contribution in [2.75, 3.05) is 7.11 Å². The molecule has 0 aliphatic heterocycles. The van der Waals surface area contributed by atoms with Crippen molar-refractivity contribution in [1.29, 1.82) is 0 Å². The van der Waals surface area contributed by atoms with Crippen molar-refractivity contribution in [3.63, 3.8) is 0 Å². The molecule has 5 aromatic rings. The Kier molecular flexibility index (Phi) is 4.95. The van der Waals surface area contributed by atoms with E-state index in [1.807, 2.05) is 0 Å². The molecule has 0 fully saturated rings. The number of esters is 1. The molecule has 0 unspecified atom stereocenters. The van der Waals surface area contributed by atoms with Crippen molar-refractivity contribution in [2.45, 2.75) is 0 Å². The average molecular weight is 441 g/mol. The van der Waals surface area contributed by atoms with Crippen LogP contribution in [0.25, 0.3) is 33.1 Å². The average Bonchev–Trinajstić information content (AvgIpc) is 2.83. The predicted octanol–water partition coefficient (Wildman–Crippen LogP) is 4.19. The Hall–Kier alpha value is -4.72. The molecule has 0 saturated carbocycles. The number of pyridine rings is 1. The summed E-state index contributed by atoms with van der Waals surface area (Å²) in [6.07, 6.45) is 2.93. The Morgan fingerprint density at radius 1 is 0.939 bits per heavy atom. The van der Waals surface area contributed by atoms with Crippen molar-refractivity contribution >= 4 is 27.9 Å². The normalized spacial score (nSPS) is 10.9. The van der Waals surface area contributed by atoms with E-state index < -0.39 is 17.2 Å². The second kappa shape index (κ2) is 8.08. The number of hydrogen-bond acceptors (Lipinski definition) is 8. The molecule has 0 aliphatic rings. The molecule has 0 amide bonds. The first-order chi connectivity index (χ1) is 16.0. The van der Waals surface area contributed by atoms with Crippen molar-refractivity contribution in [3.8, 4) is 22.6 Å². The third kappa shape index (κ3) is 3.74. The molecular weight excluding hydrogens is 426 g/mol. The topological polar surface area (TPSA) is 109 Å². The SMILES string of the molecule is COc1cccc2cc(-c3cc(=O)oc4cc(OC(=O)c5cccnc5)ccc34)c(=O)oc12. The fraction of sp³-hybridized carbons (Fsp3) is 0.0400. The molecular formula is C25H15NO7. The monoisotopic (exact) mass is 441 g/mol. The first-order valence-electron chi connectivity index (χ1n) is 9.85. The van der Waals surface area contributed by atoms with Crippen LogP contribution >= 0.6 is 0 Å². The highest BCUT2D eigenvalue weighted by Gasteiger charge is 2.16. The van der Waals surface area contributed by atoms with Crippen LogP contribution in [0.2, 0.25) is 0 Å². The van der Waals surface area contributed by atoms with Gasteiger partial charge in [-0.15, -0.1) is 0 Å². The van der Waals surface area contributed by atoms with E-state index in [9.17, 15) is 14.4 Å². The minimum Gasteiger partial charge on any atom is -0.493 e. The van der Waals surface area contributed by atoms with Gasteiger partial charge >= 0.3 is 17.2 Å². The van der Waals surface area contributed by atoms with E-state index in [4.69, 9.17) is 18.3 Å². The Bertz CT molecular complexity index is 1630. The number of nitrogens with zero attached hydrogens (tertiary/aromatic N) is 1. The minimum atomic E-state index is -0.668. The van der Waals surface area contributed by atoms with Crippen LogP contribution in [0.3, 0.4) is 0 Å². The van der Waals surface area contributed by atoms with E-state index in [-0.39, 0.29) is 22.5 Å². The summed E-state index contributed by atoms with van der Waals surface area (Å²) < 4.78 is 21.4. The fourth-order valence-corrected chi connectivity index (χ4v) is 3.55. The van der Waals surface area contributed by atoms with Crippen LogP contribution in [-0.4, -0.2) is 18.1 Å². The molecule has 0 bridgehead atoms. The molecule has 8 heteroatoms. The molecule has 0 aliphatic carbocycles. The second-order valence-corrected chi connectivity index (χ2v) is 7.09. The lowest BCUT2D eigenvalue weighted by molar-refractivity contribution is 0.0734. The van der Waals surface area contributed by atoms with Crippen molar-refractivity contribution in [1.82, 2.24) is 4.98 Å². The molecule has 33 heavy (non-hydrogen) atoms. The number of fused-ring (bicyclic) bond motifs is 2. The molecule has 162 valence electrons. The van der Waals surface area contributed by atoms with Gasteiger partial charge in [-0.25, -0.2) is 14.4 Å². The molecule has 0 saturated heterocycles. The van der Waals surface area contributed by atoms with Gasteiger partial charge in [0.1, 0.15) is 11.3 Å². The number of benzene rings is 2. The zero-order valence-corrected chi connectivity index (χ0v) is 17.2. The number of hydrogen-bond donors (Lipinski definition) is 0. The lowest BCUT2D eigenvalue weighted by Gasteiger charge is -2.09. The van der Waals surface area contributed by atoms with Gasteiger partial charge in [0.15, 0.2) is 11.3 Å². The fourth-order valence-electron chi connectivity index (χ4n) is 3.55. The quantitative estimate of drug-likeness (QED) is 0.232. The summed E-state index contributed by atoms with van der Waals surface area (Å²) in [6, 6.07) is 15.8. The van der Waals surface area contributed by atoms with Crippen LogP contribution in [0.1, 0.15) is 10.4 Å². The number of aromatic nitrogens is 1. The molecule has 5 rings (SSSR count). The van der Waals surface area contributed by atoms with Crippen LogP contribution < -0.4 is 20.7 Å². The van der Waals surface area contributed by atoms with Crippen LogP contribution in [0.5, 0.6) is 11.5 Å². The summed E-state index contributed by atoms with van der Waals surface area (Å²) in [6.45, 7) is 0. The molecule has 3 heterocycles. The van der Waals surface area contributed by atoms with Crippen LogP contribution in [-0.2, 0) is 0 Å². The number of carbonyl (C=O) groups is 1. The third-order valence-electron chi connectivity index (χ3n) is 5.06. The molecule has 8 nitrogen and oxygen atoms in total. The maximum atomic E-state index is 12.8. The Morgan fingerprint density at radius 2 is 1.82 bits per heavy atom. The Morgan fingerprint density at radius 3 is 2.61 bits per heavy atom. The van der Waals surface area contributed by atoms with Gasteiger partial charge in [-0.1, -0.05) is 12.1 Å². The highest BCUT2D eigenvalue weighted by Crippen LogP contribution is 2.31. The van der Waals surface area contributed by atoms with Gasteiger partial charge in [0.25, 0.3) is 0 Å². The summed E-state index contributed by atoms with van der Waals surface area (Å²) in [5.41, 5.74) is -0.0373. The van der Waals surface area contributed by atoms with Crippen LogP contribution in [0, 0.1) is 0 Å². The first-order valence-corrected chi connectivity index (χ1v) is 9.85. The molecule has 3 aromatic heterocycles. The molecule has 0 atom stereocenters. The van der Waals surface area contributed by atoms with Gasteiger partial charge in [0.2, 0.25) is 0 Å². The van der Waals surface area contributed by atoms with E-state index in [0.29, 0.717) is 27.7 Å². The van der Waals surface area contributed by atoms with Crippen molar-refractivity contribution in [3.05, 3.63) is 99.5 Å². The number of ether oxygens (including phenoxy) is 2. The van der Waals surface area contributed by atoms with E-state index >= 15 is 0 Å². The predicted molar refractivity (Wildman–Crippen MR) is 120 cm³/mol. The van der Waals surface area contributed by atoms with Gasteiger partial charge in [-0.2, -0.15) is 0 Å². The molecule has 0 N–H and O–H groups in total. The summed E-state index contributed by atoms with van der Waals surface area (Å²) >= 11 is 0. The van der Waals surface area contributed by atoms with Gasteiger partial charge < -0.3 is 18.3 Å². The minimum absolute atomic E-state index is 0.152. The van der Waals surface area contributed by atoms with Gasteiger partial charge in [0, 0.05) is 40.9 Å². The first kappa shape index (κ1) is 20.2. The lowest BCUT2D eigenvalue weighted by Crippen LogP contribution is -2.09. The molecule has 0 radical (unpaired) electrons. The van der Waals surface area contributed by atoms with E-state index in [0.717, 1.165) is 0 Å². The summed E-state index contributed by atoms with van der Waals surface area (Å²) in [5.74, 6) is -0.00864. The number of methoxy groups -OCH3 is 1. The highest BCUT2D eigenvalue weighted by molar-refractivity contribution is 5.97. The standard InChI is InChI=1S/C25H15NO7/c1-30-20-6-2-4-14-10-19(25(29)33-23(14)20)18-12-22(27)32-21-11-16(7-8-17(18)21)31-24(28)15-5-3-9-26-13-15/h2-13H,1H3. The maximum Gasteiger partial charge on any atom is 0.345 e. The zero-order valence-electron chi connectivity index (χ0n) is 17.2. The van der Waals surface area contributed by atoms with E-state index in [1.54, 1.807) is 54.7 Å². The van der Waals surface area contributed by atoms with Gasteiger partial charge in [-0.05, 0) is 36.4 Å². The van der Waals surface area contributed by atoms with Crippen molar-refractivity contribution < 1.29 is 23.1 Å². The summed E-state index contributed by atoms with van der Waals surface area (Å²) in [7, 11) is 1.48. The number of carbonyl (C=O) groups excluding carboxylic acids is 1. The van der Waals surface area contributed by atoms with Crippen molar-refractivity contribution in [2.24, 2.45) is 0 Å². The summed E-state index contributed by atoms with van der Waals surface area (Å²) in [4.78, 5) is 41.3. The van der Waals surface area contributed by atoms with Crippen LogP contribution in [0.4, 0.5) is 0 Å². The Labute approximate surface area is 185 Å². The van der Waals surface area contributed by atoms with Gasteiger partial charge in [0.05, 0.1) is 18.2 Å². The summed E-state index contributed by atoms with van der Waals surface area (Å²) in [5, 5.41) is 1.11.